The molecular formula is C18H15N5O2S. The monoisotopic (exact) mass is 365 g/mol. The van der Waals surface area contributed by atoms with E-state index in [0.717, 1.165) is 4.88 Å². The van der Waals surface area contributed by atoms with Gasteiger partial charge in [-0.25, -0.2) is 4.98 Å². The van der Waals surface area contributed by atoms with E-state index < -0.39 is 0 Å². The summed E-state index contributed by atoms with van der Waals surface area (Å²) in [5.74, 6) is 0.198. The second kappa shape index (κ2) is 7.72. The van der Waals surface area contributed by atoms with E-state index in [2.05, 4.69) is 25.7 Å². The topological polar surface area (TPSA) is 101 Å². The Morgan fingerprint density at radius 1 is 1.35 bits per heavy atom. The molecule has 1 amide bonds. The summed E-state index contributed by atoms with van der Waals surface area (Å²) in [6.07, 6.45) is 3.53. The number of carbonyl (C=O) groups excluding carboxylic acids is 1. The SMILES string of the molecule is COc1ccc(NC(=O)c2c(C)nsc2Cc2ncccc2C#N)cn1. The number of carbonyl (C=O) groups is 1. The number of ether oxygens (including phenoxy) is 1. The highest BCUT2D eigenvalue weighted by atomic mass is 32.1. The van der Waals surface area contributed by atoms with Crippen LogP contribution < -0.4 is 10.1 Å². The molecule has 0 atom stereocenters. The van der Waals surface area contributed by atoms with E-state index in [-0.39, 0.29) is 5.91 Å². The molecule has 3 rings (SSSR count). The number of hydrogen-bond acceptors (Lipinski definition) is 7. The van der Waals surface area contributed by atoms with Crippen LogP contribution >= 0.6 is 11.5 Å². The van der Waals surface area contributed by atoms with Gasteiger partial charge in [-0.05, 0) is 36.7 Å². The molecule has 26 heavy (non-hydrogen) atoms. The van der Waals surface area contributed by atoms with Crippen molar-refractivity contribution in [1.29, 1.82) is 5.26 Å². The molecule has 0 radical (unpaired) electrons. The van der Waals surface area contributed by atoms with Gasteiger partial charge in [0.2, 0.25) is 5.88 Å². The smallest absolute Gasteiger partial charge is 0.258 e. The lowest BCUT2D eigenvalue weighted by molar-refractivity contribution is 0.102. The van der Waals surface area contributed by atoms with E-state index in [0.29, 0.717) is 40.5 Å². The molecule has 1 N–H and O–H groups in total. The molecule has 0 aliphatic carbocycles. The van der Waals surface area contributed by atoms with Crippen LogP contribution in [0.5, 0.6) is 5.88 Å². The first-order valence-electron chi connectivity index (χ1n) is 7.73. The average molecular weight is 365 g/mol. The number of nitriles is 1. The second-order valence-electron chi connectivity index (χ2n) is 5.40. The van der Waals surface area contributed by atoms with Gasteiger partial charge in [-0.2, -0.15) is 9.64 Å². The Morgan fingerprint density at radius 2 is 2.19 bits per heavy atom. The zero-order valence-electron chi connectivity index (χ0n) is 14.2. The van der Waals surface area contributed by atoms with E-state index in [1.807, 2.05) is 0 Å². The fourth-order valence-electron chi connectivity index (χ4n) is 2.43. The summed E-state index contributed by atoms with van der Waals surface area (Å²) in [7, 11) is 1.53. The van der Waals surface area contributed by atoms with Crippen LogP contribution in [0.15, 0.2) is 36.7 Å². The lowest BCUT2D eigenvalue weighted by Crippen LogP contribution is -2.15. The predicted octanol–water partition coefficient (Wildman–Crippen LogP) is 2.96. The van der Waals surface area contributed by atoms with Gasteiger partial charge >= 0.3 is 0 Å². The van der Waals surface area contributed by atoms with E-state index in [9.17, 15) is 10.1 Å². The fourth-order valence-corrected chi connectivity index (χ4v) is 3.30. The summed E-state index contributed by atoms with van der Waals surface area (Å²) < 4.78 is 9.30. The van der Waals surface area contributed by atoms with E-state index in [4.69, 9.17) is 4.74 Å². The van der Waals surface area contributed by atoms with Crippen molar-refractivity contribution in [3.05, 3.63) is 64.1 Å². The molecular weight excluding hydrogens is 350 g/mol. The molecule has 0 fully saturated rings. The molecule has 7 nitrogen and oxygen atoms in total. The fraction of sp³-hybridized carbons (Fsp3) is 0.167. The third kappa shape index (κ3) is 3.68. The van der Waals surface area contributed by atoms with Crippen LogP contribution in [-0.2, 0) is 6.42 Å². The second-order valence-corrected chi connectivity index (χ2v) is 6.25. The third-order valence-electron chi connectivity index (χ3n) is 3.70. The van der Waals surface area contributed by atoms with Crippen LogP contribution in [0, 0.1) is 18.3 Å². The maximum absolute atomic E-state index is 12.7. The maximum Gasteiger partial charge on any atom is 0.258 e. The Labute approximate surface area is 154 Å². The van der Waals surface area contributed by atoms with E-state index >= 15 is 0 Å². The van der Waals surface area contributed by atoms with Crippen LogP contribution in [0.2, 0.25) is 0 Å². The van der Waals surface area contributed by atoms with Crippen molar-refractivity contribution in [3.8, 4) is 11.9 Å². The summed E-state index contributed by atoms with van der Waals surface area (Å²) in [6, 6.07) is 8.93. The van der Waals surface area contributed by atoms with Crippen molar-refractivity contribution in [2.24, 2.45) is 0 Å². The number of nitrogens with zero attached hydrogens (tertiary/aromatic N) is 4. The van der Waals surface area contributed by atoms with Crippen molar-refractivity contribution in [1.82, 2.24) is 14.3 Å². The van der Waals surface area contributed by atoms with Crippen LogP contribution in [-0.4, -0.2) is 27.4 Å². The van der Waals surface area contributed by atoms with Crippen LogP contribution in [0.4, 0.5) is 5.69 Å². The Hall–Kier alpha value is -3.31. The van der Waals surface area contributed by atoms with E-state index in [1.54, 1.807) is 37.4 Å². The lowest BCUT2D eigenvalue weighted by atomic mass is 10.1. The van der Waals surface area contributed by atoms with Gasteiger partial charge in [0.05, 0.1) is 41.5 Å². The highest BCUT2D eigenvalue weighted by molar-refractivity contribution is 7.06. The Balaban J connectivity index is 1.85. The van der Waals surface area contributed by atoms with Gasteiger partial charge in [0.15, 0.2) is 0 Å². The van der Waals surface area contributed by atoms with Gasteiger partial charge in [0.25, 0.3) is 5.91 Å². The van der Waals surface area contributed by atoms with Gasteiger partial charge in [-0.1, -0.05) is 0 Å². The lowest BCUT2D eigenvalue weighted by Gasteiger charge is -2.07. The molecule has 0 spiro atoms. The minimum absolute atomic E-state index is 0.271. The number of nitrogens with one attached hydrogen (secondary N) is 1. The minimum atomic E-state index is -0.271. The van der Waals surface area contributed by atoms with Crippen LogP contribution in [0.1, 0.15) is 32.2 Å². The van der Waals surface area contributed by atoms with Crippen molar-refractivity contribution < 1.29 is 9.53 Å². The summed E-state index contributed by atoms with van der Waals surface area (Å²) in [4.78, 5) is 21.8. The Bertz CT molecular complexity index is 976. The Kier molecular flexibility index (Phi) is 5.20. The van der Waals surface area contributed by atoms with Gasteiger partial charge in [0, 0.05) is 23.6 Å². The molecule has 0 aliphatic heterocycles. The number of amides is 1. The number of anilines is 1. The van der Waals surface area contributed by atoms with Crippen molar-refractivity contribution >= 4 is 23.1 Å². The summed E-state index contributed by atoms with van der Waals surface area (Å²) in [5, 5.41) is 12.0. The number of rotatable bonds is 5. The van der Waals surface area contributed by atoms with Crippen molar-refractivity contribution in [2.45, 2.75) is 13.3 Å². The maximum atomic E-state index is 12.7. The summed E-state index contributed by atoms with van der Waals surface area (Å²) in [5.41, 5.74) is 2.81. The molecule has 3 heterocycles. The molecule has 0 saturated carbocycles. The molecule has 130 valence electrons. The quantitative estimate of drug-likeness (QED) is 0.746. The van der Waals surface area contributed by atoms with Gasteiger partial charge in [-0.15, -0.1) is 0 Å². The van der Waals surface area contributed by atoms with Gasteiger partial charge in [0.1, 0.15) is 6.07 Å². The molecule has 0 aliphatic rings. The molecule has 0 aromatic carbocycles. The Morgan fingerprint density at radius 3 is 2.88 bits per heavy atom. The van der Waals surface area contributed by atoms with E-state index in [1.165, 1.54) is 24.8 Å². The van der Waals surface area contributed by atoms with Crippen LogP contribution in [0.25, 0.3) is 0 Å². The van der Waals surface area contributed by atoms with Crippen molar-refractivity contribution in [2.75, 3.05) is 12.4 Å². The number of hydrogen-bond donors (Lipinski definition) is 1. The molecule has 3 aromatic heterocycles. The number of aromatic nitrogens is 3. The summed E-state index contributed by atoms with van der Waals surface area (Å²) >= 11 is 1.24. The normalized spacial score (nSPS) is 10.2. The number of aryl methyl sites for hydroxylation is 1. The molecule has 0 saturated heterocycles. The number of methoxy groups -OCH3 is 1. The minimum Gasteiger partial charge on any atom is -0.481 e. The molecule has 3 aromatic rings. The zero-order chi connectivity index (χ0) is 18.5. The highest BCUT2D eigenvalue weighted by Crippen LogP contribution is 2.24. The first-order chi connectivity index (χ1) is 12.6. The standard InChI is InChI=1S/C18H15N5O2S/c1-11-17(18(24)22-13-5-6-16(25-2)21-10-13)15(26-23-11)8-14-12(9-19)4-3-7-20-14/h3-7,10H,8H2,1-2H3,(H,22,24). The average Bonchev–Trinajstić information content (AvgIpc) is 3.03. The number of pyridine rings is 2. The van der Waals surface area contributed by atoms with Gasteiger partial charge in [-0.3, -0.25) is 9.78 Å². The predicted molar refractivity (Wildman–Crippen MR) is 97.4 cm³/mol. The largest absolute Gasteiger partial charge is 0.481 e. The third-order valence-corrected chi connectivity index (χ3v) is 4.64. The van der Waals surface area contributed by atoms with Crippen molar-refractivity contribution in [3.63, 3.8) is 0 Å². The first kappa shape index (κ1) is 17.5. The first-order valence-corrected chi connectivity index (χ1v) is 8.50. The summed E-state index contributed by atoms with van der Waals surface area (Å²) in [6.45, 7) is 1.78. The van der Waals surface area contributed by atoms with Gasteiger partial charge < -0.3 is 10.1 Å². The van der Waals surface area contributed by atoms with Crippen LogP contribution in [0.3, 0.4) is 0 Å². The molecule has 0 bridgehead atoms. The zero-order valence-corrected chi connectivity index (χ0v) is 15.0. The highest BCUT2D eigenvalue weighted by Gasteiger charge is 2.20. The molecule has 8 heteroatoms. The molecule has 0 unspecified atom stereocenters.